The number of aryl methyl sites for hydroxylation is 2. The third-order valence-electron chi connectivity index (χ3n) is 4.39. The minimum Gasteiger partial charge on any atom is -0.480 e. The van der Waals surface area contributed by atoms with Crippen LogP contribution in [0.3, 0.4) is 0 Å². The topological polar surface area (TPSA) is 40.5 Å². The Balaban J connectivity index is 3.17. The first kappa shape index (κ1) is 15.7. The number of hydrogen-bond donors (Lipinski definition) is 1. The normalized spacial score (nSPS) is 12.0. The maximum Gasteiger partial charge on any atom is 0.323 e. The molecule has 0 atom stereocenters. The summed E-state index contributed by atoms with van der Waals surface area (Å²) in [5.41, 5.74) is 5.43. The molecule has 0 aliphatic heterocycles. The molecular formula is C16H25NO2. The van der Waals surface area contributed by atoms with Crippen LogP contribution >= 0.6 is 0 Å². The number of rotatable bonds is 4. The molecular weight excluding hydrogens is 238 g/mol. The van der Waals surface area contributed by atoms with Gasteiger partial charge in [0.15, 0.2) is 0 Å². The molecule has 0 unspecified atom stereocenters. The van der Waals surface area contributed by atoms with Crippen LogP contribution in [0.15, 0.2) is 6.07 Å². The second-order valence-electron chi connectivity index (χ2n) is 5.96. The van der Waals surface area contributed by atoms with Crippen LogP contribution in [-0.4, -0.2) is 28.6 Å². The van der Waals surface area contributed by atoms with Crippen molar-refractivity contribution in [1.29, 1.82) is 0 Å². The summed E-state index contributed by atoms with van der Waals surface area (Å²) in [6, 6.07) is 2.19. The van der Waals surface area contributed by atoms with Gasteiger partial charge in [-0.25, -0.2) is 0 Å². The zero-order valence-electron chi connectivity index (χ0n) is 13.1. The van der Waals surface area contributed by atoms with Gasteiger partial charge in [-0.05, 0) is 76.4 Å². The van der Waals surface area contributed by atoms with Gasteiger partial charge in [-0.3, -0.25) is 9.69 Å². The summed E-state index contributed by atoms with van der Waals surface area (Å²) < 4.78 is 0. The zero-order valence-corrected chi connectivity index (χ0v) is 13.1. The van der Waals surface area contributed by atoms with E-state index in [4.69, 9.17) is 0 Å². The van der Waals surface area contributed by atoms with Crippen molar-refractivity contribution >= 4 is 5.97 Å². The lowest BCUT2D eigenvalue weighted by atomic mass is 9.92. The molecule has 0 fully saturated rings. The van der Waals surface area contributed by atoms with Crippen molar-refractivity contribution in [3.8, 4) is 0 Å². The molecule has 0 bridgehead atoms. The average Bonchev–Trinajstić information content (AvgIpc) is 2.31. The standard InChI is InChI=1S/C16H25NO2/c1-10-8-11(2)13(4)14(12(10)3)9-17(7)16(5,6)15(18)19/h8H,9H2,1-7H3,(H,18,19). The first-order chi connectivity index (χ1) is 8.59. The Morgan fingerprint density at radius 2 is 1.58 bits per heavy atom. The molecule has 3 heteroatoms. The molecule has 0 saturated heterocycles. The van der Waals surface area contributed by atoms with Gasteiger partial charge >= 0.3 is 5.97 Å². The molecule has 0 amide bonds. The smallest absolute Gasteiger partial charge is 0.323 e. The van der Waals surface area contributed by atoms with Crippen molar-refractivity contribution in [3.05, 3.63) is 33.9 Å². The summed E-state index contributed by atoms with van der Waals surface area (Å²) in [6.45, 7) is 12.6. The highest BCUT2D eigenvalue weighted by Crippen LogP contribution is 2.25. The Bertz CT molecular complexity index is 478. The van der Waals surface area contributed by atoms with Crippen LogP contribution in [0.1, 0.15) is 41.7 Å². The number of carboxylic acid groups (broad SMARTS) is 1. The summed E-state index contributed by atoms with van der Waals surface area (Å²) in [7, 11) is 1.87. The molecule has 0 heterocycles. The van der Waals surface area contributed by atoms with Crippen molar-refractivity contribution in [3.63, 3.8) is 0 Å². The van der Waals surface area contributed by atoms with Crippen molar-refractivity contribution in [2.75, 3.05) is 7.05 Å². The van der Waals surface area contributed by atoms with Gasteiger partial charge in [0.1, 0.15) is 5.54 Å². The predicted octanol–water partition coefficient (Wildman–Crippen LogP) is 3.22. The fourth-order valence-corrected chi connectivity index (χ4v) is 2.13. The lowest BCUT2D eigenvalue weighted by Gasteiger charge is -2.32. The van der Waals surface area contributed by atoms with Crippen LogP contribution in [0, 0.1) is 27.7 Å². The summed E-state index contributed by atoms with van der Waals surface area (Å²) in [5, 5.41) is 9.30. The maximum absolute atomic E-state index is 11.3. The van der Waals surface area contributed by atoms with E-state index < -0.39 is 11.5 Å². The van der Waals surface area contributed by atoms with Gasteiger partial charge in [-0.2, -0.15) is 0 Å². The highest BCUT2D eigenvalue weighted by molar-refractivity contribution is 5.77. The first-order valence-electron chi connectivity index (χ1n) is 6.60. The second-order valence-corrected chi connectivity index (χ2v) is 5.96. The molecule has 1 aromatic carbocycles. The van der Waals surface area contributed by atoms with Crippen LogP contribution in [0.25, 0.3) is 0 Å². The largest absolute Gasteiger partial charge is 0.480 e. The first-order valence-corrected chi connectivity index (χ1v) is 6.60. The third kappa shape index (κ3) is 2.98. The Morgan fingerprint density at radius 3 is 1.95 bits per heavy atom. The molecule has 0 spiro atoms. The van der Waals surface area contributed by atoms with Gasteiger partial charge in [0.2, 0.25) is 0 Å². The monoisotopic (exact) mass is 263 g/mol. The lowest BCUT2D eigenvalue weighted by molar-refractivity contribution is -0.148. The van der Waals surface area contributed by atoms with Gasteiger partial charge < -0.3 is 5.11 Å². The van der Waals surface area contributed by atoms with Gasteiger partial charge in [-0.15, -0.1) is 0 Å². The quantitative estimate of drug-likeness (QED) is 0.906. The molecule has 1 N–H and O–H groups in total. The fraction of sp³-hybridized carbons (Fsp3) is 0.562. The van der Waals surface area contributed by atoms with E-state index in [1.807, 2.05) is 11.9 Å². The van der Waals surface area contributed by atoms with Crippen molar-refractivity contribution in [2.24, 2.45) is 0 Å². The van der Waals surface area contributed by atoms with Crippen molar-refractivity contribution < 1.29 is 9.90 Å². The van der Waals surface area contributed by atoms with Crippen molar-refractivity contribution in [2.45, 2.75) is 53.6 Å². The number of carbonyl (C=O) groups is 1. The number of likely N-dealkylation sites (N-methyl/N-ethyl adjacent to an activating group) is 1. The van der Waals surface area contributed by atoms with E-state index in [1.165, 1.54) is 27.8 Å². The fourth-order valence-electron chi connectivity index (χ4n) is 2.13. The van der Waals surface area contributed by atoms with Crippen LogP contribution in [0.2, 0.25) is 0 Å². The Kier molecular flexibility index (Phi) is 4.41. The van der Waals surface area contributed by atoms with Crippen molar-refractivity contribution in [1.82, 2.24) is 4.90 Å². The third-order valence-corrected chi connectivity index (χ3v) is 4.39. The van der Waals surface area contributed by atoms with Gasteiger partial charge in [0.25, 0.3) is 0 Å². The summed E-state index contributed by atoms with van der Waals surface area (Å²) in [6.07, 6.45) is 0. The van der Waals surface area contributed by atoms with E-state index in [1.54, 1.807) is 13.8 Å². The lowest BCUT2D eigenvalue weighted by Crippen LogP contribution is -2.47. The van der Waals surface area contributed by atoms with E-state index in [2.05, 4.69) is 33.8 Å². The summed E-state index contributed by atoms with van der Waals surface area (Å²) >= 11 is 0. The van der Waals surface area contributed by atoms with E-state index in [9.17, 15) is 9.90 Å². The van der Waals surface area contributed by atoms with E-state index in [-0.39, 0.29) is 0 Å². The van der Waals surface area contributed by atoms with Crippen LogP contribution < -0.4 is 0 Å². The zero-order chi connectivity index (χ0) is 15.0. The SMILES string of the molecule is Cc1cc(C)c(C)c(CN(C)C(C)(C)C(=O)O)c1C. The van der Waals surface area contributed by atoms with E-state index in [0.717, 1.165) is 0 Å². The Morgan fingerprint density at radius 1 is 1.16 bits per heavy atom. The second kappa shape index (κ2) is 5.33. The van der Waals surface area contributed by atoms with E-state index >= 15 is 0 Å². The molecule has 0 saturated carbocycles. The molecule has 1 aromatic rings. The molecule has 3 nitrogen and oxygen atoms in total. The molecule has 1 rings (SSSR count). The summed E-state index contributed by atoms with van der Waals surface area (Å²) in [5.74, 6) is -0.797. The van der Waals surface area contributed by atoms with Crippen LogP contribution in [0.4, 0.5) is 0 Å². The minimum atomic E-state index is -0.865. The number of aliphatic carboxylic acids is 1. The highest BCUT2D eigenvalue weighted by Gasteiger charge is 2.32. The van der Waals surface area contributed by atoms with Gasteiger partial charge in [0, 0.05) is 6.54 Å². The number of nitrogens with zero attached hydrogens (tertiary/aromatic N) is 1. The molecule has 0 aliphatic rings. The van der Waals surface area contributed by atoms with E-state index in [0.29, 0.717) is 6.54 Å². The molecule has 19 heavy (non-hydrogen) atoms. The average molecular weight is 263 g/mol. The molecule has 0 aromatic heterocycles. The molecule has 0 aliphatic carbocycles. The molecule has 0 radical (unpaired) electrons. The number of carboxylic acids is 1. The number of hydrogen-bond acceptors (Lipinski definition) is 2. The van der Waals surface area contributed by atoms with Crippen LogP contribution in [0.5, 0.6) is 0 Å². The predicted molar refractivity (Wildman–Crippen MR) is 78.6 cm³/mol. The minimum absolute atomic E-state index is 0.652. The molecule has 106 valence electrons. The Labute approximate surface area is 116 Å². The summed E-state index contributed by atoms with van der Waals surface area (Å²) in [4.78, 5) is 13.2. The Hall–Kier alpha value is -1.35. The number of benzene rings is 1. The van der Waals surface area contributed by atoms with Crippen LogP contribution in [-0.2, 0) is 11.3 Å². The maximum atomic E-state index is 11.3. The van der Waals surface area contributed by atoms with Gasteiger partial charge in [-0.1, -0.05) is 6.07 Å². The highest BCUT2D eigenvalue weighted by atomic mass is 16.4. The van der Waals surface area contributed by atoms with Gasteiger partial charge in [0.05, 0.1) is 0 Å².